The highest BCUT2D eigenvalue weighted by molar-refractivity contribution is 6.01. The van der Waals surface area contributed by atoms with Crippen molar-refractivity contribution in [3.05, 3.63) is 95.7 Å². The second-order valence-corrected chi connectivity index (χ2v) is 6.24. The summed E-state index contributed by atoms with van der Waals surface area (Å²) in [5, 5.41) is 5.63. The Kier molecular flexibility index (Phi) is 5.94. The number of carbonyl (C=O) groups excluding carboxylic acids is 2. The Labute approximate surface area is 158 Å². The fourth-order valence-corrected chi connectivity index (χ4v) is 2.72. The van der Waals surface area contributed by atoms with Gasteiger partial charge in [0, 0.05) is 17.7 Å². The summed E-state index contributed by atoms with van der Waals surface area (Å²) < 4.78 is 0. The second-order valence-electron chi connectivity index (χ2n) is 6.24. The van der Waals surface area contributed by atoms with Crippen molar-refractivity contribution in [3.63, 3.8) is 0 Å². The Hall–Kier alpha value is -3.47. The summed E-state index contributed by atoms with van der Waals surface area (Å²) in [6, 6.07) is 23.1. The Morgan fingerprint density at radius 2 is 1.56 bits per heavy atom. The van der Waals surface area contributed by atoms with Crippen molar-refractivity contribution in [1.82, 2.24) is 10.3 Å². The van der Waals surface area contributed by atoms with Gasteiger partial charge in [-0.25, -0.2) is 4.98 Å². The Bertz CT molecular complexity index is 911. The molecule has 5 nitrogen and oxygen atoms in total. The summed E-state index contributed by atoms with van der Waals surface area (Å²) in [7, 11) is 0. The molecule has 0 aliphatic rings. The van der Waals surface area contributed by atoms with E-state index in [1.165, 1.54) is 0 Å². The third-order valence-electron chi connectivity index (χ3n) is 4.08. The van der Waals surface area contributed by atoms with E-state index in [4.69, 9.17) is 0 Å². The summed E-state index contributed by atoms with van der Waals surface area (Å²) in [6.07, 6.45) is 0.386. The third-order valence-corrected chi connectivity index (χ3v) is 4.08. The summed E-state index contributed by atoms with van der Waals surface area (Å²) in [6.45, 7) is 1.86. The number of amides is 2. The molecule has 1 unspecified atom stereocenters. The number of anilines is 1. The lowest BCUT2D eigenvalue weighted by Crippen LogP contribution is -2.45. The highest BCUT2D eigenvalue weighted by atomic mass is 16.2. The molecule has 1 heterocycles. The summed E-state index contributed by atoms with van der Waals surface area (Å²) >= 11 is 0. The van der Waals surface area contributed by atoms with Gasteiger partial charge in [-0.15, -0.1) is 0 Å². The summed E-state index contributed by atoms with van der Waals surface area (Å²) in [5.41, 5.74) is 2.28. The lowest BCUT2D eigenvalue weighted by molar-refractivity contribution is -0.118. The molecule has 1 aromatic heterocycles. The molecule has 0 fully saturated rings. The van der Waals surface area contributed by atoms with Crippen LogP contribution in [0.2, 0.25) is 0 Å². The normalized spacial score (nSPS) is 11.4. The molecule has 0 saturated heterocycles. The monoisotopic (exact) mass is 359 g/mol. The van der Waals surface area contributed by atoms with Crippen LogP contribution in [-0.4, -0.2) is 22.8 Å². The zero-order valence-corrected chi connectivity index (χ0v) is 15.1. The quantitative estimate of drug-likeness (QED) is 0.709. The average Bonchev–Trinajstić information content (AvgIpc) is 2.69. The molecular formula is C22H21N3O2. The molecule has 2 amide bonds. The molecule has 27 heavy (non-hydrogen) atoms. The molecule has 1 atom stereocenters. The number of hydrogen-bond acceptors (Lipinski definition) is 3. The Morgan fingerprint density at radius 1 is 0.889 bits per heavy atom. The molecule has 2 aromatic carbocycles. The molecule has 0 radical (unpaired) electrons. The fourth-order valence-electron chi connectivity index (χ4n) is 2.72. The van der Waals surface area contributed by atoms with Crippen molar-refractivity contribution in [3.8, 4) is 0 Å². The number of hydrogen-bond donors (Lipinski definition) is 2. The number of nitrogens with zero attached hydrogens (tertiary/aromatic N) is 1. The van der Waals surface area contributed by atoms with Gasteiger partial charge in [0.25, 0.3) is 5.91 Å². The van der Waals surface area contributed by atoms with Crippen LogP contribution in [0.3, 0.4) is 0 Å². The van der Waals surface area contributed by atoms with Crippen molar-refractivity contribution in [2.45, 2.75) is 19.4 Å². The zero-order valence-electron chi connectivity index (χ0n) is 15.1. The third kappa shape index (κ3) is 5.25. The summed E-state index contributed by atoms with van der Waals surface area (Å²) in [4.78, 5) is 29.7. The number of aromatic nitrogens is 1. The van der Waals surface area contributed by atoms with E-state index in [1.54, 1.807) is 30.3 Å². The number of nitrogens with one attached hydrogen (secondary N) is 2. The molecule has 0 aliphatic carbocycles. The van der Waals surface area contributed by atoms with E-state index in [2.05, 4.69) is 15.6 Å². The van der Waals surface area contributed by atoms with Crippen LogP contribution in [0.4, 0.5) is 5.82 Å². The molecule has 0 bridgehead atoms. The van der Waals surface area contributed by atoms with Crippen LogP contribution in [0.15, 0.2) is 78.9 Å². The Morgan fingerprint density at radius 3 is 2.22 bits per heavy atom. The summed E-state index contributed by atoms with van der Waals surface area (Å²) in [5.74, 6) is -0.128. The van der Waals surface area contributed by atoms with E-state index in [0.717, 1.165) is 11.3 Å². The highest BCUT2D eigenvalue weighted by Gasteiger charge is 2.22. The minimum absolute atomic E-state index is 0.288. The molecule has 3 rings (SSSR count). The maximum absolute atomic E-state index is 12.8. The van der Waals surface area contributed by atoms with E-state index in [-0.39, 0.29) is 11.8 Å². The molecule has 136 valence electrons. The second kappa shape index (κ2) is 8.76. The number of carbonyl (C=O) groups is 2. The van der Waals surface area contributed by atoms with Gasteiger partial charge < -0.3 is 10.6 Å². The number of aryl methyl sites for hydroxylation is 1. The van der Waals surface area contributed by atoms with Crippen LogP contribution >= 0.6 is 0 Å². The first-order valence-electron chi connectivity index (χ1n) is 8.76. The predicted molar refractivity (Wildman–Crippen MR) is 105 cm³/mol. The van der Waals surface area contributed by atoms with Gasteiger partial charge in [-0.1, -0.05) is 54.6 Å². The smallest absolute Gasteiger partial charge is 0.251 e. The van der Waals surface area contributed by atoms with Crippen LogP contribution < -0.4 is 10.6 Å². The van der Waals surface area contributed by atoms with Crippen molar-refractivity contribution < 1.29 is 9.59 Å². The van der Waals surface area contributed by atoms with Gasteiger partial charge in [-0.3, -0.25) is 9.59 Å². The van der Waals surface area contributed by atoms with Crippen LogP contribution in [-0.2, 0) is 11.2 Å². The van der Waals surface area contributed by atoms with Gasteiger partial charge in [0.05, 0.1) is 0 Å². The standard InChI is InChI=1S/C22H21N3O2/c1-16-9-8-14-20(23-16)25-22(27)19(15-17-10-4-2-5-11-17)24-21(26)18-12-6-3-7-13-18/h2-14,19H,15H2,1H3,(H,24,26)(H,23,25,27). The highest BCUT2D eigenvalue weighted by Crippen LogP contribution is 2.09. The van der Waals surface area contributed by atoms with Gasteiger partial charge >= 0.3 is 0 Å². The van der Waals surface area contributed by atoms with Gasteiger partial charge in [-0.05, 0) is 36.8 Å². The van der Waals surface area contributed by atoms with Crippen LogP contribution in [0.5, 0.6) is 0 Å². The fraction of sp³-hybridized carbons (Fsp3) is 0.136. The van der Waals surface area contributed by atoms with E-state index >= 15 is 0 Å². The maximum Gasteiger partial charge on any atom is 0.251 e. The van der Waals surface area contributed by atoms with Crippen molar-refractivity contribution in [2.75, 3.05) is 5.32 Å². The zero-order chi connectivity index (χ0) is 19.1. The van der Waals surface area contributed by atoms with E-state index < -0.39 is 6.04 Å². The van der Waals surface area contributed by atoms with Gasteiger partial charge in [0.1, 0.15) is 11.9 Å². The molecule has 3 aromatic rings. The molecule has 5 heteroatoms. The first kappa shape index (κ1) is 18.3. The van der Waals surface area contributed by atoms with Crippen LogP contribution in [0.1, 0.15) is 21.6 Å². The van der Waals surface area contributed by atoms with Crippen LogP contribution in [0, 0.1) is 6.92 Å². The van der Waals surface area contributed by atoms with Crippen LogP contribution in [0.25, 0.3) is 0 Å². The van der Waals surface area contributed by atoms with Crippen molar-refractivity contribution in [2.24, 2.45) is 0 Å². The molecular weight excluding hydrogens is 338 g/mol. The van der Waals surface area contributed by atoms with Crippen molar-refractivity contribution in [1.29, 1.82) is 0 Å². The minimum Gasteiger partial charge on any atom is -0.340 e. The van der Waals surface area contributed by atoms with Gasteiger partial charge in [-0.2, -0.15) is 0 Å². The van der Waals surface area contributed by atoms with Gasteiger partial charge in [0.2, 0.25) is 5.91 Å². The number of benzene rings is 2. The lowest BCUT2D eigenvalue weighted by atomic mass is 10.0. The first-order chi connectivity index (χ1) is 13.1. The number of rotatable bonds is 6. The van der Waals surface area contributed by atoms with Gasteiger partial charge in [0.15, 0.2) is 0 Å². The minimum atomic E-state index is -0.720. The number of pyridine rings is 1. The SMILES string of the molecule is Cc1cccc(NC(=O)C(Cc2ccccc2)NC(=O)c2ccccc2)n1. The topological polar surface area (TPSA) is 71.1 Å². The largest absolute Gasteiger partial charge is 0.340 e. The molecule has 0 saturated carbocycles. The predicted octanol–water partition coefficient (Wildman–Crippen LogP) is 3.37. The maximum atomic E-state index is 12.8. The van der Waals surface area contributed by atoms with E-state index in [0.29, 0.717) is 17.8 Å². The Balaban J connectivity index is 1.78. The first-order valence-corrected chi connectivity index (χ1v) is 8.76. The van der Waals surface area contributed by atoms with E-state index in [9.17, 15) is 9.59 Å². The average molecular weight is 359 g/mol. The van der Waals surface area contributed by atoms with Crippen molar-refractivity contribution >= 4 is 17.6 Å². The van der Waals surface area contributed by atoms with E-state index in [1.807, 2.05) is 55.5 Å². The lowest BCUT2D eigenvalue weighted by Gasteiger charge is -2.18. The molecule has 0 spiro atoms. The molecule has 0 aliphatic heterocycles. The molecule has 2 N–H and O–H groups in total.